The van der Waals surface area contributed by atoms with E-state index in [2.05, 4.69) is 14.7 Å². The molecule has 16 heteroatoms. The monoisotopic (exact) mass is 674 g/mol. The number of aromatic amines is 1. The number of halogens is 3. The molecule has 46 heavy (non-hydrogen) atoms. The number of H-pyrrole nitrogens is 1. The van der Waals surface area contributed by atoms with Crippen molar-refractivity contribution < 1.29 is 44.7 Å². The van der Waals surface area contributed by atoms with E-state index in [0.29, 0.717) is 22.3 Å². The molecule has 1 amide bonds. The molecule has 0 bridgehead atoms. The number of rotatable bonds is 7. The van der Waals surface area contributed by atoms with Crippen LogP contribution in [0.15, 0.2) is 95.9 Å². The molecule has 4 N–H and O–H groups in total. The maximum absolute atomic E-state index is 13.7. The Balaban J connectivity index is 0.000000537. The molecule has 0 radical (unpaired) electrons. The van der Waals surface area contributed by atoms with Crippen LogP contribution in [0.1, 0.15) is 34.7 Å². The number of hydrogen-bond donors (Lipinski definition) is 4. The zero-order valence-corrected chi connectivity index (χ0v) is 25.2. The highest BCUT2D eigenvalue weighted by atomic mass is 32.2. The zero-order valence-electron chi connectivity index (χ0n) is 23.5. The van der Waals surface area contributed by atoms with Gasteiger partial charge in [-0.25, -0.2) is 31.3 Å². The van der Waals surface area contributed by atoms with E-state index in [0.717, 1.165) is 16.5 Å². The maximum Gasteiger partial charge on any atom is 0.490 e. The van der Waals surface area contributed by atoms with Gasteiger partial charge in [-0.1, -0.05) is 72.8 Å². The molecular formula is C30H25F3N4O7S2. The number of imidazole rings is 1. The number of carboxylic acids is 1. The van der Waals surface area contributed by atoms with Gasteiger partial charge in [0.15, 0.2) is 0 Å². The number of aromatic nitrogens is 2. The van der Waals surface area contributed by atoms with Gasteiger partial charge in [-0.15, -0.1) is 0 Å². The molecule has 1 unspecified atom stereocenters. The molecule has 1 saturated heterocycles. The first-order chi connectivity index (χ1) is 21.6. The van der Waals surface area contributed by atoms with Crippen LogP contribution >= 0.6 is 0 Å². The van der Waals surface area contributed by atoms with Crippen molar-refractivity contribution in [2.24, 2.45) is 0 Å². The van der Waals surface area contributed by atoms with E-state index < -0.39 is 49.4 Å². The second-order valence-corrected chi connectivity index (χ2v) is 13.8. The number of aliphatic carboxylic acids is 1. The van der Waals surface area contributed by atoms with Crippen LogP contribution in [0.4, 0.5) is 13.2 Å². The van der Waals surface area contributed by atoms with Gasteiger partial charge in [-0.05, 0) is 41.1 Å². The van der Waals surface area contributed by atoms with Crippen LogP contribution in [0.5, 0.6) is 0 Å². The molecule has 1 fully saturated rings. The second kappa shape index (κ2) is 12.5. The molecule has 11 nitrogen and oxygen atoms in total. The molecule has 2 atom stereocenters. The molecule has 1 aliphatic rings. The van der Waals surface area contributed by atoms with Gasteiger partial charge in [0.25, 0.3) is 0 Å². The molecule has 0 saturated carbocycles. The van der Waals surface area contributed by atoms with Gasteiger partial charge in [-0.2, -0.15) is 13.2 Å². The molecule has 0 spiro atoms. The standard InChI is InChI=1S/C28H24N4O5S2.C2HF3O2/c33-27-17-26(39(36,37)32-27)20-14-12-18(13-15-20)16-24(28-29-22-9-3-4-10-23(22)30-28)31-38(34,35)25-11-5-7-19-6-1-2-8-21(19)25;3-2(4,5)1(6)7/h1-15,24,26,31H,16-17H2,(H,29,30)(H,32,33);(H,6,7)/t24-,26?;/m0./s1. The number of carboxylic acid groups (broad SMARTS) is 1. The average molecular weight is 675 g/mol. The third-order valence-electron chi connectivity index (χ3n) is 7.11. The lowest BCUT2D eigenvalue weighted by Crippen LogP contribution is -2.31. The van der Waals surface area contributed by atoms with Crippen LogP contribution in [0.25, 0.3) is 21.8 Å². The normalized spacial score (nSPS) is 16.8. The summed E-state index contributed by atoms with van der Waals surface area (Å²) < 4.78 is 88.6. The fourth-order valence-electron chi connectivity index (χ4n) is 4.96. The number of carbonyl (C=O) groups excluding carboxylic acids is 1. The van der Waals surface area contributed by atoms with E-state index in [1.54, 1.807) is 48.5 Å². The summed E-state index contributed by atoms with van der Waals surface area (Å²) in [6.07, 6.45) is -4.97. The average Bonchev–Trinajstić information content (AvgIpc) is 3.55. The maximum atomic E-state index is 13.7. The molecule has 1 aliphatic heterocycles. The highest BCUT2D eigenvalue weighted by molar-refractivity contribution is 7.90. The lowest BCUT2D eigenvalue weighted by Gasteiger charge is -2.18. The van der Waals surface area contributed by atoms with Crippen molar-refractivity contribution in [2.45, 2.75) is 35.2 Å². The molecule has 1 aromatic heterocycles. The lowest BCUT2D eigenvalue weighted by atomic mass is 10.0. The van der Waals surface area contributed by atoms with E-state index in [4.69, 9.17) is 9.90 Å². The number of carbonyl (C=O) groups is 2. The Morgan fingerprint density at radius 2 is 1.61 bits per heavy atom. The largest absolute Gasteiger partial charge is 0.490 e. The van der Waals surface area contributed by atoms with Crippen LogP contribution in [0.2, 0.25) is 0 Å². The molecular weight excluding hydrogens is 649 g/mol. The van der Waals surface area contributed by atoms with Gasteiger partial charge in [0.05, 0.1) is 28.4 Å². The summed E-state index contributed by atoms with van der Waals surface area (Å²) in [7, 11) is -7.73. The third-order valence-corrected chi connectivity index (χ3v) is 10.3. The van der Waals surface area contributed by atoms with Crippen LogP contribution in [-0.4, -0.2) is 50.0 Å². The van der Waals surface area contributed by atoms with Crippen LogP contribution < -0.4 is 9.44 Å². The van der Waals surface area contributed by atoms with Crippen LogP contribution in [0.3, 0.4) is 0 Å². The van der Waals surface area contributed by atoms with Crippen molar-refractivity contribution in [1.82, 2.24) is 19.4 Å². The number of fused-ring (bicyclic) bond motifs is 2. The van der Waals surface area contributed by atoms with E-state index in [1.807, 2.05) is 47.2 Å². The van der Waals surface area contributed by atoms with E-state index in [9.17, 15) is 34.8 Å². The van der Waals surface area contributed by atoms with Crippen molar-refractivity contribution in [2.75, 3.05) is 0 Å². The quantitative estimate of drug-likeness (QED) is 0.195. The topological polar surface area (TPSA) is 175 Å². The number of alkyl halides is 3. The van der Waals surface area contributed by atoms with Crippen molar-refractivity contribution in [1.29, 1.82) is 0 Å². The first-order valence-electron chi connectivity index (χ1n) is 13.5. The Kier molecular flexibility index (Phi) is 8.88. The third kappa shape index (κ3) is 7.19. The lowest BCUT2D eigenvalue weighted by molar-refractivity contribution is -0.192. The highest BCUT2D eigenvalue weighted by Gasteiger charge is 2.39. The summed E-state index contributed by atoms with van der Waals surface area (Å²) in [5, 5.41) is 7.60. The van der Waals surface area contributed by atoms with Gasteiger partial charge >= 0.3 is 12.1 Å². The number of para-hydroxylation sites is 2. The first kappa shape index (κ1) is 32.6. The number of nitrogens with zero attached hydrogens (tertiary/aromatic N) is 1. The predicted molar refractivity (Wildman–Crippen MR) is 161 cm³/mol. The number of sulfonamides is 2. The van der Waals surface area contributed by atoms with Gasteiger partial charge in [0.1, 0.15) is 11.1 Å². The number of hydrogen-bond acceptors (Lipinski definition) is 7. The van der Waals surface area contributed by atoms with Gasteiger partial charge < -0.3 is 10.1 Å². The fraction of sp³-hybridized carbons (Fsp3) is 0.167. The number of amides is 1. The summed E-state index contributed by atoms with van der Waals surface area (Å²) in [5.74, 6) is -2.83. The van der Waals surface area contributed by atoms with Crippen molar-refractivity contribution in [3.63, 3.8) is 0 Å². The van der Waals surface area contributed by atoms with E-state index in [-0.39, 0.29) is 17.7 Å². The van der Waals surface area contributed by atoms with Crippen molar-refractivity contribution in [3.8, 4) is 0 Å². The second-order valence-electron chi connectivity index (χ2n) is 10.3. The Labute approximate surface area is 260 Å². The SMILES string of the molecule is O=C(O)C(F)(F)F.O=C1CC(c2ccc(C[C@H](NS(=O)(=O)c3cccc4ccccc34)c3nc4ccccc4[nH]3)cc2)S(=O)(=O)N1. The minimum Gasteiger partial charge on any atom is -0.475 e. The first-order valence-corrected chi connectivity index (χ1v) is 16.5. The van der Waals surface area contributed by atoms with E-state index in [1.165, 1.54) is 0 Å². The number of nitrogens with one attached hydrogen (secondary N) is 3. The smallest absolute Gasteiger partial charge is 0.475 e. The molecule has 5 aromatic rings. The summed E-state index contributed by atoms with van der Waals surface area (Å²) in [4.78, 5) is 28.6. The Morgan fingerprint density at radius 3 is 2.24 bits per heavy atom. The summed E-state index contributed by atoms with van der Waals surface area (Å²) >= 11 is 0. The van der Waals surface area contributed by atoms with Crippen molar-refractivity contribution >= 4 is 53.7 Å². The minimum atomic E-state index is -5.08. The zero-order chi connectivity index (χ0) is 33.3. The van der Waals surface area contributed by atoms with Gasteiger partial charge in [0, 0.05) is 5.39 Å². The highest BCUT2D eigenvalue weighted by Crippen LogP contribution is 2.31. The molecule has 240 valence electrons. The van der Waals surface area contributed by atoms with E-state index >= 15 is 0 Å². The Morgan fingerprint density at radius 1 is 0.978 bits per heavy atom. The molecule has 0 aliphatic carbocycles. The molecule has 6 rings (SSSR count). The van der Waals surface area contributed by atoms with Crippen molar-refractivity contribution in [3.05, 3.63) is 108 Å². The predicted octanol–water partition coefficient (Wildman–Crippen LogP) is 4.50. The Hall–Kier alpha value is -4.80. The van der Waals surface area contributed by atoms with Crippen LogP contribution in [0, 0.1) is 0 Å². The van der Waals surface area contributed by atoms with Gasteiger partial charge in [0.2, 0.25) is 26.0 Å². The molecule has 4 aromatic carbocycles. The van der Waals surface area contributed by atoms with Gasteiger partial charge in [-0.3, -0.25) is 9.52 Å². The Bertz CT molecular complexity index is 2110. The minimum absolute atomic E-state index is 0.131. The summed E-state index contributed by atoms with van der Waals surface area (Å²) in [5.41, 5.74) is 2.75. The number of benzene rings is 4. The summed E-state index contributed by atoms with van der Waals surface area (Å²) in [6.45, 7) is 0. The summed E-state index contributed by atoms with van der Waals surface area (Å²) in [6, 6.07) is 25.9. The molecule has 2 heterocycles. The fourth-order valence-corrected chi connectivity index (χ4v) is 7.82. The van der Waals surface area contributed by atoms with Crippen LogP contribution in [-0.2, 0) is 36.1 Å².